The normalized spacial score (nSPS) is 11.9. The minimum absolute atomic E-state index is 0.199. The maximum absolute atomic E-state index is 10.4. The topological polar surface area (TPSA) is 29.4 Å². The van der Waals surface area contributed by atoms with Crippen molar-refractivity contribution in [2.24, 2.45) is 10.9 Å². The summed E-state index contributed by atoms with van der Waals surface area (Å²) in [5.74, 6) is 0.703. The zero-order valence-electron chi connectivity index (χ0n) is 13.2. The summed E-state index contributed by atoms with van der Waals surface area (Å²) in [4.78, 5) is 14.3. The van der Waals surface area contributed by atoms with E-state index in [1.54, 1.807) is 6.08 Å². The molecular weight excluding hydrogens is 246 g/mol. The van der Waals surface area contributed by atoms with E-state index in [1.807, 2.05) is 12.2 Å². The summed E-state index contributed by atoms with van der Waals surface area (Å²) in [6.45, 7) is 9.80. The van der Waals surface area contributed by atoms with Crippen molar-refractivity contribution < 1.29 is 4.79 Å². The van der Waals surface area contributed by atoms with Gasteiger partial charge in [-0.25, -0.2) is 9.79 Å². The van der Waals surface area contributed by atoms with Gasteiger partial charge in [-0.2, -0.15) is 0 Å². The van der Waals surface area contributed by atoms with Crippen LogP contribution in [0.1, 0.15) is 71.1 Å². The SMILES string of the molecule is C=CCC(CC=C)CCCCCC(CCCC)N=C=O. The molecule has 0 N–H and O–H groups in total. The number of isocyanates is 1. The van der Waals surface area contributed by atoms with Crippen LogP contribution >= 0.6 is 0 Å². The third-order valence-corrected chi connectivity index (χ3v) is 3.78. The van der Waals surface area contributed by atoms with E-state index in [0.717, 1.165) is 44.9 Å². The van der Waals surface area contributed by atoms with Crippen LogP contribution in [0.3, 0.4) is 0 Å². The van der Waals surface area contributed by atoms with Crippen LogP contribution < -0.4 is 0 Å². The Kier molecular flexibility index (Phi) is 13.5. The Morgan fingerprint density at radius 1 is 1.00 bits per heavy atom. The van der Waals surface area contributed by atoms with Crippen molar-refractivity contribution in [1.29, 1.82) is 0 Å². The second kappa shape index (κ2) is 14.3. The fourth-order valence-electron chi connectivity index (χ4n) is 2.58. The van der Waals surface area contributed by atoms with Crippen LogP contribution in [-0.2, 0) is 4.79 Å². The number of unbranched alkanes of at least 4 members (excludes halogenated alkanes) is 3. The smallest absolute Gasteiger partial charge is 0.211 e. The average molecular weight is 277 g/mol. The van der Waals surface area contributed by atoms with Crippen LogP contribution in [0.5, 0.6) is 0 Å². The lowest BCUT2D eigenvalue weighted by Gasteiger charge is -2.13. The Labute approximate surface area is 125 Å². The molecule has 0 bridgehead atoms. The molecule has 0 aliphatic rings. The van der Waals surface area contributed by atoms with Gasteiger partial charge in [-0.3, -0.25) is 0 Å². The quantitative estimate of drug-likeness (QED) is 0.176. The van der Waals surface area contributed by atoms with E-state index in [9.17, 15) is 4.79 Å². The number of carbonyl (C=O) groups excluding carboxylic acids is 1. The van der Waals surface area contributed by atoms with E-state index < -0.39 is 0 Å². The fourth-order valence-corrected chi connectivity index (χ4v) is 2.58. The number of nitrogens with zero attached hydrogens (tertiary/aromatic N) is 1. The average Bonchev–Trinajstić information content (AvgIpc) is 2.44. The van der Waals surface area contributed by atoms with Crippen molar-refractivity contribution >= 4 is 6.08 Å². The third kappa shape index (κ3) is 10.8. The zero-order chi connectivity index (χ0) is 15.1. The molecule has 2 nitrogen and oxygen atoms in total. The van der Waals surface area contributed by atoms with E-state index >= 15 is 0 Å². The summed E-state index contributed by atoms with van der Waals surface area (Å²) in [6, 6.07) is 0.199. The molecule has 0 aliphatic carbocycles. The maximum Gasteiger partial charge on any atom is 0.235 e. The first kappa shape index (κ1) is 18.9. The lowest BCUT2D eigenvalue weighted by Crippen LogP contribution is -2.04. The van der Waals surface area contributed by atoms with Gasteiger partial charge in [0.15, 0.2) is 0 Å². The van der Waals surface area contributed by atoms with Crippen molar-refractivity contribution in [3.63, 3.8) is 0 Å². The first-order valence-corrected chi connectivity index (χ1v) is 8.07. The summed E-state index contributed by atoms with van der Waals surface area (Å²) >= 11 is 0. The van der Waals surface area contributed by atoms with Gasteiger partial charge in [-0.1, -0.05) is 51.2 Å². The molecule has 0 heterocycles. The largest absolute Gasteiger partial charge is 0.235 e. The molecule has 0 fully saturated rings. The standard InChI is InChI=1S/C18H31NO/c1-4-7-14-18(19-16-20)15-10-8-9-13-17(11-5-2)12-6-3/h5-6,17-18H,2-4,7-15H2,1H3. The summed E-state index contributed by atoms with van der Waals surface area (Å²) in [6.07, 6.45) is 17.2. The number of hydrogen-bond acceptors (Lipinski definition) is 2. The second-order valence-electron chi connectivity index (χ2n) is 5.57. The van der Waals surface area contributed by atoms with Gasteiger partial charge in [0.05, 0.1) is 6.04 Å². The maximum atomic E-state index is 10.4. The number of allylic oxidation sites excluding steroid dienone is 2. The molecule has 0 amide bonds. The van der Waals surface area contributed by atoms with Gasteiger partial charge in [0.25, 0.3) is 0 Å². The van der Waals surface area contributed by atoms with Gasteiger partial charge in [0, 0.05) is 0 Å². The van der Waals surface area contributed by atoms with E-state index in [2.05, 4.69) is 25.1 Å². The van der Waals surface area contributed by atoms with E-state index in [0.29, 0.717) is 5.92 Å². The minimum Gasteiger partial charge on any atom is -0.211 e. The monoisotopic (exact) mass is 277 g/mol. The molecule has 0 aliphatic heterocycles. The van der Waals surface area contributed by atoms with Crippen LogP contribution in [0.4, 0.5) is 0 Å². The highest BCUT2D eigenvalue weighted by atomic mass is 16.1. The highest BCUT2D eigenvalue weighted by Gasteiger charge is 2.07. The van der Waals surface area contributed by atoms with Crippen LogP contribution in [0.25, 0.3) is 0 Å². The van der Waals surface area contributed by atoms with E-state index in [1.165, 1.54) is 19.3 Å². The molecule has 20 heavy (non-hydrogen) atoms. The summed E-state index contributed by atoms with van der Waals surface area (Å²) in [5, 5.41) is 0. The molecule has 2 heteroatoms. The van der Waals surface area contributed by atoms with Gasteiger partial charge in [0.1, 0.15) is 0 Å². The molecule has 114 valence electrons. The highest BCUT2D eigenvalue weighted by Crippen LogP contribution is 2.20. The van der Waals surface area contributed by atoms with Crippen molar-refractivity contribution in [2.45, 2.75) is 77.2 Å². The highest BCUT2D eigenvalue weighted by molar-refractivity contribution is 5.33. The molecule has 0 aromatic heterocycles. The van der Waals surface area contributed by atoms with Gasteiger partial charge < -0.3 is 0 Å². The fraction of sp³-hybridized carbons (Fsp3) is 0.722. The molecule has 0 saturated heterocycles. The van der Waals surface area contributed by atoms with Crippen LogP contribution in [0, 0.1) is 5.92 Å². The predicted molar refractivity (Wildman–Crippen MR) is 87.6 cm³/mol. The zero-order valence-corrected chi connectivity index (χ0v) is 13.2. The van der Waals surface area contributed by atoms with Crippen molar-refractivity contribution in [3.8, 4) is 0 Å². The Bertz CT molecular complexity index is 282. The molecule has 1 atom stereocenters. The molecule has 0 saturated carbocycles. The molecule has 0 aromatic carbocycles. The molecular formula is C18H31NO. The number of hydrogen-bond donors (Lipinski definition) is 0. The summed E-state index contributed by atoms with van der Waals surface area (Å²) in [7, 11) is 0. The summed E-state index contributed by atoms with van der Waals surface area (Å²) < 4.78 is 0. The lowest BCUT2D eigenvalue weighted by molar-refractivity contribution is 0.446. The Morgan fingerprint density at radius 3 is 2.15 bits per heavy atom. The number of rotatable bonds is 14. The second-order valence-corrected chi connectivity index (χ2v) is 5.57. The van der Waals surface area contributed by atoms with Crippen LogP contribution in [-0.4, -0.2) is 12.1 Å². The molecule has 0 aromatic rings. The first-order chi connectivity index (χ1) is 9.78. The Hall–Kier alpha value is -1.14. The van der Waals surface area contributed by atoms with E-state index in [4.69, 9.17) is 0 Å². The first-order valence-electron chi connectivity index (χ1n) is 8.07. The van der Waals surface area contributed by atoms with Gasteiger partial charge in [0.2, 0.25) is 6.08 Å². The minimum atomic E-state index is 0.199. The van der Waals surface area contributed by atoms with Crippen LogP contribution in [0.2, 0.25) is 0 Å². The third-order valence-electron chi connectivity index (χ3n) is 3.78. The Balaban J connectivity index is 3.77. The van der Waals surface area contributed by atoms with Crippen molar-refractivity contribution in [3.05, 3.63) is 25.3 Å². The molecule has 0 spiro atoms. The molecule has 1 unspecified atom stereocenters. The van der Waals surface area contributed by atoms with Gasteiger partial charge in [-0.05, 0) is 38.0 Å². The molecule has 0 rings (SSSR count). The van der Waals surface area contributed by atoms with Crippen molar-refractivity contribution in [1.82, 2.24) is 0 Å². The predicted octanol–water partition coefficient (Wildman–Crippen LogP) is 5.60. The molecule has 0 radical (unpaired) electrons. The van der Waals surface area contributed by atoms with Crippen molar-refractivity contribution in [2.75, 3.05) is 0 Å². The van der Waals surface area contributed by atoms with Gasteiger partial charge in [-0.15, -0.1) is 13.2 Å². The summed E-state index contributed by atoms with van der Waals surface area (Å²) in [5.41, 5.74) is 0. The van der Waals surface area contributed by atoms with Gasteiger partial charge >= 0.3 is 0 Å². The lowest BCUT2D eigenvalue weighted by atomic mass is 9.94. The van der Waals surface area contributed by atoms with E-state index in [-0.39, 0.29) is 6.04 Å². The van der Waals surface area contributed by atoms with Crippen LogP contribution in [0.15, 0.2) is 30.3 Å². The number of aliphatic imine (C=N–C) groups is 1. The Morgan fingerprint density at radius 2 is 1.60 bits per heavy atom.